The van der Waals surface area contributed by atoms with Crippen molar-refractivity contribution in [3.63, 3.8) is 0 Å². The number of rotatable bonds is 2. The average Bonchev–Trinajstić information content (AvgIpc) is 2.48. The van der Waals surface area contributed by atoms with E-state index in [9.17, 15) is 0 Å². The van der Waals surface area contributed by atoms with E-state index in [0.29, 0.717) is 5.75 Å². The highest BCUT2D eigenvalue weighted by Crippen LogP contribution is 2.27. The highest BCUT2D eigenvalue weighted by atomic mass is 16.5. The molecule has 0 radical (unpaired) electrons. The zero-order valence-electron chi connectivity index (χ0n) is 9.95. The highest BCUT2D eigenvalue weighted by Gasteiger charge is 2.05. The summed E-state index contributed by atoms with van der Waals surface area (Å²) in [4.78, 5) is 8.00. The van der Waals surface area contributed by atoms with Gasteiger partial charge in [0.2, 0.25) is 0 Å². The molecule has 0 amide bonds. The van der Waals surface area contributed by atoms with Crippen molar-refractivity contribution >= 4 is 10.8 Å². The molecule has 0 saturated carbocycles. The molecule has 0 unspecified atom stereocenters. The van der Waals surface area contributed by atoms with Gasteiger partial charge in [-0.15, -0.1) is 0 Å². The van der Waals surface area contributed by atoms with Gasteiger partial charge in [0.25, 0.3) is 0 Å². The van der Waals surface area contributed by atoms with Crippen LogP contribution in [0.5, 0.6) is 11.8 Å². The maximum atomic E-state index is 8.80. The van der Waals surface area contributed by atoms with Crippen molar-refractivity contribution in [1.82, 2.24) is 9.97 Å². The largest absolute Gasteiger partial charge is 0.424 e. The summed E-state index contributed by atoms with van der Waals surface area (Å²) in [5.41, 5.74) is 0.283. The number of hydrogen-bond acceptors (Lipinski definition) is 4. The number of aromatic nitrogens is 2. The molecule has 0 aliphatic heterocycles. The summed E-state index contributed by atoms with van der Waals surface area (Å²) in [7, 11) is 0. The normalized spacial score (nSPS) is 10.1. The van der Waals surface area contributed by atoms with E-state index in [1.807, 2.05) is 48.5 Å². The summed E-state index contributed by atoms with van der Waals surface area (Å²) >= 11 is 0. The van der Waals surface area contributed by atoms with Gasteiger partial charge in [-0.3, -0.25) is 0 Å². The van der Waals surface area contributed by atoms with Crippen molar-refractivity contribution in [3.05, 3.63) is 60.4 Å². The van der Waals surface area contributed by atoms with Crippen molar-refractivity contribution < 1.29 is 4.74 Å². The first-order valence-electron chi connectivity index (χ1n) is 5.75. The summed E-state index contributed by atoms with van der Waals surface area (Å²) in [6.07, 6.45) is 1.51. The molecule has 2 aromatic carbocycles. The second-order valence-corrected chi connectivity index (χ2v) is 3.92. The molecule has 0 aliphatic rings. The Labute approximate surface area is 109 Å². The van der Waals surface area contributed by atoms with Crippen LogP contribution in [0.25, 0.3) is 10.8 Å². The van der Waals surface area contributed by atoms with E-state index in [1.165, 1.54) is 12.3 Å². The van der Waals surface area contributed by atoms with Crippen LogP contribution in [0, 0.1) is 11.3 Å². The molecule has 0 saturated heterocycles. The number of nitriles is 1. The molecule has 0 atom stereocenters. The Morgan fingerprint density at radius 3 is 2.74 bits per heavy atom. The van der Waals surface area contributed by atoms with E-state index in [0.717, 1.165) is 10.8 Å². The van der Waals surface area contributed by atoms with Crippen LogP contribution in [0.1, 0.15) is 5.69 Å². The molecule has 3 aromatic rings. The van der Waals surface area contributed by atoms with Gasteiger partial charge in [-0.05, 0) is 17.5 Å². The molecule has 1 heterocycles. The summed E-state index contributed by atoms with van der Waals surface area (Å²) in [6, 6.07) is 17.3. The van der Waals surface area contributed by atoms with E-state index in [-0.39, 0.29) is 11.7 Å². The van der Waals surface area contributed by atoms with Crippen molar-refractivity contribution in [2.75, 3.05) is 0 Å². The van der Waals surface area contributed by atoms with Gasteiger partial charge in [-0.25, -0.2) is 4.98 Å². The second-order valence-electron chi connectivity index (χ2n) is 3.92. The first kappa shape index (κ1) is 11.2. The number of ether oxygens (including phenoxy) is 1. The lowest BCUT2D eigenvalue weighted by atomic mass is 10.1. The van der Waals surface area contributed by atoms with Gasteiger partial charge < -0.3 is 4.74 Å². The molecular formula is C15H9N3O. The highest BCUT2D eigenvalue weighted by molar-refractivity contribution is 5.88. The standard InChI is InChI=1S/C15H9N3O/c16-10-12-8-9-17-15(18-12)19-14-7-3-5-11-4-1-2-6-13(11)14/h1-9H. The van der Waals surface area contributed by atoms with Gasteiger partial charge in [0.15, 0.2) is 0 Å². The Kier molecular flexibility index (Phi) is 2.79. The molecule has 4 heteroatoms. The molecular weight excluding hydrogens is 238 g/mol. The number of benzene rings is 2. The molecule has 3 rings (SSSR count). The zero-order chi connectivity index (χ0) is 13.1. The third kappa shape index (κ3) is 2.22. The maximum Gasteiger partial charge on any atom is 0.323 e. The van der Waals surface area contributed by atoms with Crippen molar-refractivity contribution in [1.29, 1.82) is 5.26 Å². The number of nitrogens with zero attached hydrogens (tertiary/aromatic N) is 3. The van der Waals surface area contributed by atoms with E-state index in [4.69, 9.17) is 10.00 Å². The molecule has 4 nitrogen and oxygen atoms in total. The number of hydrogen-bond donors (Lipinski definition) is 0. The fourth-order valence-electron chi connectivity index (χ4n) is 1.84. The van der Waals surface area contributed by atoms with Gasteiger partial charge in [0, 0.05) is 11.6 Å². The summed E-state index contributed by atoms with van der Waals surface area (Å²) < 4.78 is 5.66. The lowest BCUT2D eigenvalue weighted by Gasteiger charge is -2.06. The van der Waals surface area contributed by atoms with Gasteiger partial charge in [0.05, 0.1) is 0 Å². The Bertz CT molecular complexity index is 772. The van der Waals surface area contributed by atoms with Crippen LogP contribution in [0.15, 0.2) is 54.7 Å². The predicted octanol–water partition coefficient (Wildman–Crippen LogP) is 3.29. The SMILES string of the molecule is N#Cc1ccnc(Oc2cccc3ccccc23)n1. The van der Waals surface area contributed by atoms with Crippen LogP contribution in [0.3, 0.4) is 0 Å². The fourth-order valence-corrected chi connectivity index (χ4v) is 1.84. The molecule has 19 heavy (non-hydrogen) atoms. The van der Waals surface area contributed by atoms with E-state index in [1.54, 1.807) is 0 Å². The summed E-state index contributed by atoms with van der Waals surface area (Å²) in [5, 5.41) is 10.9. The number of fused-ring (bicyclic) bond motifs is 1. The van der Waals surface area contributed by atoms with Crippen molar-refractivity contribution in [2.24, 2.45) is 0 Å². The first-order valence-corrected chi connectivity index (χ1v) is 5.75. The molecule has 0 bridgehead atoms. The van der Waals surface area contributed by atoms with Crippen molar-refractivity contribution in [2.45, 2.75) is 0 Å². The smallest absolute Gasteiger partial charge is 0.323 e. The monoisotopic (exact) mass is 247 g/mol. The van der Waals surface area contributed by atoms with Gasteiger partial charge >= 0.3 is 6.01 Å². The van der Waals surface area contributed by atoms with Crippen LogP contribution >= 0.6 is 0 Å². The minimum atomic E-state index is 0.176. The van der Waals surface area contributed by atoms with E-state index < -0.39 is 0 Å². The quantitative estimate of drug-likeness (QED) is 0.697. The summed E-state index contributed by atoms with van der Waals surface area (Å²) in [6.45, 7) is 0. The zero-order valence-corrected chi connectivity index (χ0v) is 9.95. The Morgan fingerprint density at radius 1 is 1.00 bits per heavy atom. The molecule has 0 aliphatic carbocycles. The minimum Gasteiger partial charge on any atom is -0.424 e. The lowest BCUT2D eigenvalue weighted by molar-refractivity contribution is 0.446. The average molecular weight is 247 g/mol. The van der Waals surface area contributed by atoms with Gasteiger partial charge in [-0.1, -0.05) is 36.4 Å². The van der Waals surface area contributed by atoms with Crippen LogP contribution in [0.2, 0.25) is 0 Å². The molecule has 0 fully saturated rings. The van der Waals surface area contributed by atoms with Crippen molar-refractivity contribution in [3.8, 4) is 17.8 Å². The minimum absolute atomic E-state index is 0.176. The molecule has 0 spiro atoms. The Morgan fingerprint density at radius 2 is 1.84 bits per heavy atom. The van der Waals surface area contributed by atoms with Gasteiger partial charge in [-0.2, -0.15) is 10.2 Å². The molecule has 90 valence electrons. The van der Waals surface area contributed by atoms with E-state index in [2.05, 4.69) is 9.97 Å². The van der Waals surface area contributed by atoms with Crippen LogP contribution in [-0.4, -0.2) is 9.97 Å². The second kappa shape index (κ2) is 4.75. The van der Waals surface area contributed by atoms with Crippen LogP contribution in [-0.2, 0) is 0 Å². The lowest BCUT2D eigenvalue weighted by Crippen LogP contribution is -1.93. The summed E-state index contributed by atoms with van der Waals surface area (Å²) in [5.74, 6) is 0.674. The first-order chi connectivity index (χ1) is 9.36. The fraction of sp³-hybridized carbons (Fsp3) is 0. The third-order valence-corrected chi connectivity index (χ3v) is 2.70. The molecule has 0 N–H and O–H groups in total. The van der Waals surface area contributed by atoms with E-state index >= 15 is 0 Å². The van der Waals surface area contributed by atoms with Gasteiger partial charge in [0.1, 0.15) is 17.5 Å². The Balaban J connectivity index is 2.04. The van der Waals surface area contributed by atoms with Crippen LogP contribution in [0.4, 0.5) is 0 Å². The molecule has 1 aromatic heterocycles. The topological polar surface area (TPSA) is 58.8 Å². The predicted molar refractivity (Wildman–Crippen MR) is 70.8 cm³/mol. The van der Waals surface area contributed by atoms with Crippen LogP contribution < -0.4 is 4.74 Å². The Hall–Kier alpha value is -2.93. The maximum absolute atomic E-state index is 8.80. The third-order valence-electron chi connectivity index (χ3n) is 2.70.